The van der Waals surface area contributed by atoms with Gasteiger partial charge in [0.25, 0.3) is 0 Å². The summed E-state index contributed by atoms with van der Waals surface area (Å²) in [6.07, 6.45) is 0. The van der Waals surface area contributed by atoms with E-state index in [0.717, 1.165) is 17.1 Å². The van der Waals surface area contributed by atoms with Gasteiger partial charge in [-0.1, -0.05) is 152 Å². The van der Waals surface area contributed by atoms with Gasteiger partial charge in [0.1, 0.15) is 11.5 Å². The van der Waals surface area contributed by atoms with Crippen LogP contribution in [-0.4, -0.2) is 0 Å². The van der Waals surface area contributed by atoms with Crippen LogP contribution in [0.5, 0.6) is 11.5 Å². The van der Waals surface area contributed by atoms with Gasteiger partial charge in [0.2, 0.25) is 0 Å². The molecular formula is C47H28O. The lowest BCUT2D eigenvalue weighted by atomic mass is 9.70. The van der Waals surface area contributed by atoms with Crippen molar-refractivity contribution in [2.45, 2.75) is 5.41 Å². The number of fused-ring (bicyclic) bond motifs is 12. The molecule has 3 aliphatic rings. The van der Waals surface area contributed by atoms with Crippen molar-refractivity contribution in [3.05, 3.63) is 192 Å². The van der Waals surface area contributed by atoms with Gasteiger partial charge in [-0.2, -0.15) is 0 Å². The SMILES string of the molecule is c1ccc(-c2cc3c4c(cccc4c2-c2ccc4c(c2)C2(c5ccccc5-c5ccccc52)c2ccccc2-4)-c2ccccc2O3)cc1. The van der Waals surface area contributed by atoms with Crippen LogP contribution in [0.3, 0.4) is 0 Å². The number of hydrogen-bond acceptors (Lipinski definition) is 1. The zero-order valence-electron chi connectivity index (χ0n) is 26.1. The highest BCUT2D eigenvalue weighted by molar-refractivity contribution is 6.14. The number of para-hydroxylation sites is 1. The van der Waals surface area contributed by atoms with Crippen LogP contribution in [0.2, 0.25) is 0 Å². The zero-order chi connectivity index (χ0) is 31.4. The van der Waals surface area contributed by atoms with E-state index in [1.54, 1.807) is 0 Å². The summed E-state index contributed by atoms with van der Waals surface area (Å²) in [6.45, 7) is 0. The Morgan fingerprint density at radius 3 is 1.58 bits per heavy atom. The van der Waals surface area contributed by atoms with Crippen LogP contribution < -0.4 is 4.74 Å². The molecule has 1 aliphatic heterocycles. The molecule has 8 aromatic carbocycles. The van der Waals surface area contributed by atoms with E-state index in [1.807, 2.05) is 6.07 Å². The molecule has 48 heavy (non-hydrogen) atoms. The Morgan fingerprint density at radius 1 is 0.333 bits per heavy atom. The number of ether oxygens (including phenoxy) is 1. The molecule has 1 heterocycles. The summed E-state index contributed by atoms with van der Waals surface area (Å²) >= 11 is 0. The summed E-state index contributed by atoms with van der Waals surface area (Å²) in [5.41, 5.74) is 17.5. The maximum atomic E-state index is 6.67. The van der Waals surface area contributed by atoms with Gasteiger partial charge in [0.05, 0.1) is 5.41 Å². The molecule has 222 valence electrons. The first-order valence-corrected chi connectivity index (χ1v) is 16.7. The molecule has 0 unspecified atom stereocenters. The van der Waals surface area contributed by atoms with Crippen LogP contribution in [-0.2, 0) is 5.41 Å². The monoisotopic (exact) mass is 608 g/mol. The average Bonchev–Trinajstić information content (AvgIpc) is 3.62. The van der Waals surface area contributed by atoms with E-state index in [4.69, 9.17) is 4.74 Å². The third kappa shape index (κ3) is 3.21. The van der Waals surface area contributed by atoms with E-state index in [0.29, 0.717) is 0 Å². The average molecular weight is 609 g/mol. The van der Waals surface area contributed by atoms with E-state index in [2.05, 4.69) is 164 Å². The molecular weight excluding hydrogens is 581 g/mol. The Hall–Kier alpha value is -6.18. The minimum absolute atomic E-state index is 0.392. The highest BCUT2D eigenvalue weighted by atomic mass is 16.5. The highest BCUT2D eigenvalue weighted by Crippen LogP contribution is 2.63. The Kier molecular flexibility index (Phi) is 5.10. The molecule has 1 heteroatoms. The lowest BCUT2D eigenvalue weighted by Gasteiger charge is -2.31. The first-order valence-electron chi connectivity index (χ1n) is 16.7. The molecule has 0 fully saturated rings. The van der Waals surface area contributed by atoms with Crippen molar-refractivity contribution in [1.82, 2.24) is 0 Å². The Morgan fingerprint density at radius 2 is 0.896 bits per heavy atom. The van der Waals surface area contributed by atoms with Crippen molar-refractivity contribution in [3.63, 3.8) is 0 Å². The van der Waals surface area contributed by atoms with Crippen LogP contribution in [0.4, 0.5) is 0 Å². The van der Waals surface area contributed by atoms with Crippen LogP contribution in [0, 0.1) is 0 Å². The molecule has 1 spiro atoms. The molecule has 0 amide bonds. The summed E-state index contributed by atoms with van der Waals surface area (Å²) in [5.74, 6) is 1.81. The predicted molar refractivity (Wildman–Crippen MR) is 197 cm³/mol. The van der Waals surface area contributed by atoms with Crippen LogP contribution in [0.1, 0.15) is 22.3 Å². The maximum Gasteiger partial charge on any atom is 0.136 e. The third-order valence-corrected chi connectivity index (χ3v) is 10.9. The summed E-state index contributed by atoms with van der Waals surface area (Å²) in [6, 6.07) is 62.4. The van der Waals surface area contributed by atoms with E-state index >= 15 is 0 Å². The molecule has 0 radical (unpaired) electrons. The van der Waals surface area contributed by atoms with Crippen LogP contribution >= 0.6 is 0 Å². The van der Waals surface area contributed by atoms with Gasteiger partial charge in [-0.05, 0) is 95.9 Å². The van der Waals surface area contributed by atoms with E-state index in [9.17, 15) is 0 Å². The summed E-state index contributed by atoms with van der Waals surface area (Å²) in [4.78, 5) is 0. The largest absolute Gasteiger partial charge is 0.456 e. The van der Waals surface area contributed by atoms with E-state index < -0.39 is 5.41 Å². The van der Waals surface area contributed by atoms with Crippen molar-refractivity contribution in [2.75, 3.05) is 0 Å². The quantitative estimate of drug-likeness (QED) is 0.190. The topological polar surface area (TPSA) is 9.23 Å². The molecule has 0 saturated heterocycles. The first kappa shape index (κ1) is 25.9. The second kappa shape index (κ2) is 9.44. The zero-order valence-corrected chi connectivity index (χ0v) is 26.1. The molecule has 8 aromatic rings. The van der Waals surface area contributed by atoms with E-state index in [-0.39, 0.29) is 0 Å². The van der Waals surface area contributed by atoms with Gasteiger partial charge in [0.15, 0.2) is 0 Å². The first-order chi connectivity index (χ1) is 23.8. The Labute approximate surface area is 279 Å². The van der Waals surface area contributed by atoms with Gasteiger partial charge in [-0.25, -0.2) is 0 Å². The molecule has 0 bridgehead atoms. The minimum atomic E-state index is -0.392. The normalized spacial score (nSPS) is 13.8. The van der Waals surface area contributed by atoms with Crippen molar-refractivity contribution >= 4 is 10.8 Å². The third-order valence-electron chi connectivity index (χ3n) is 10.9. The predicted octanol–water partition coefficient (Wildman–Crippen LogP) is 12.3. The number of rotatable bonds is 2. The smallest absolute Gasteiger partial charge is 0.136 e. The molecule has 0 aromatic heterocycles. The molecule has 2 aliphatic carbocycles. The molecule has 1 nitrogen and oxygen atoms in total. The fraction of sp³-hybridized carbons (Fsp3) is 0.0213. The van der Waals surface area contributed by atoms with Crippen molar-refractivity contribution < 1.29 is 4.74 Å². The van der Waals surface area contributed by atoms with Crippen molar-refractivity contribution in [1.29, 1.82) is 0 Å². The Balaban J connectivity index is 1.26. The second-order valence-corrected chi connectivity index (χ2v) is 13.1. The van der Waals surface area contributed by atoms with Crippen molar-refractivity contribution in [2.24, 2.45) is 0 Å². The van der Waals surface area contributed by atoms with Gasteiger partial charge >= 0.3 is 0 Å². The second-order valence-electron chi connectivity index (χ2n) is 13.1. The fourth-order valence-electron chi connectivity index (χ4n) is 9.05. The maximum absolute atomic E-state index is 6.67. The lowest BCUT2D eigenvalue weighted by molar-refractivity contribution is 0.487. The van der Waals surface area contributed by atoms with Crippen LogP contribution in [0.25, 0.3) is 66.4 Å². The number of hydrogen-bond donors (Lipinski definition) is 0. The summed E-state index contributed by atoms with van der Waals surface area (Å²) in [5, 5.41) is 2.37. The number of benzene rings is 8. The van der Waals surface area contributed by atoms with Crippen LogP contribution in [0.15, 0.2) is 170 Å². The van der Waals surface area contributed by atoms with Gasteiger partial charge in [0, 0.05) is 10.9 Å². The highest BCUT2D eigenvalue weighted by Gasteiger charge is 2.51. The van der Waals surface area contributed by atoms with Gasteiger partial charge < -0.3 is 4.74 Å². The van der Waals surface area contributed by atoms with Crippen molar-refractivity contribution in [3.8, 4) is 67.1 Å². The minimum Gasteiger partial charge on any atom is -0.456 e. The van der Waals surface area contributed by atoms with Gasteiger partial charge in [-0.15, -0.1) is 0 Å². The molecule has 0 atom stereocenters. The Bertz CT molecular complexity index is 2580. The molecule has 0 N–H and O–H groups in total. The summed E-state index contributed by atoms with van der Waals surface area (Å²) in [7, 11) is 0. The van der Waals surface area contributed by atoms with E-state index in [1.165, 1.54) is 83.1 Å². The molecule has 0 saturated carbocycles. The standard InChI is InChI=1S/C47H28O/c1-2-13-29(14-3-1)38-28-44-46-36(35-18-7-11-24-43(35)48-44)19-12-20-37(46)45(38)30-25-26-34-33-17-6-10-23-41(33)47(42(34)27-30)39-21-8-4-15-31(39)32-16-5-9-22-40(32)47/h1-28H. The molecule has 11 rings (SSSR count). The van der Waals surface area contributed by atoms with Gasteiger partial charge in [-0.3, -0.25) is 0 Å². The lowest BCUT2D eigenvalue weighted by Crippen LogP contribution is -2.25. The summed E-state index contributed by atoms with van der Waals surface area (Å²) < 4.78 is 6.67. The fourth-order valence-corrected chi connectivity index (χ4v) is 9.05.